The minimum absolute atomic E-state index is 0.0405. The quantitative estimate of drug-likeness (QED) is 0.517. The molecular formula is C24H20BrCl2N3O2. The summed E-state index contributed by atoms with van der Waals surface area (Å²) in [6, 6.07) is 13.1. The number of hydrogen-bond acceptors (Lipinski definition) is 5. The first kappa shape index (κ1) is 22.7. The molecule has 1 aliphatic carbocycles. The van der Waals surface area contributed by atoms with Crippen molar-refractivity contribution in [3.05, 3.63) is 84.7 Å². The molecule has 2 aromatic carbocycles. The molecule has 0 fully saturated rings. The highest BCUT2D eigenvalue weighted by Crippen LogP contribution is 2.47. The number of ketones is 1. The van der Waals surface area contributed by atoms with Crippen molar-refractivity contribution in [2.45, 2.75) is 31.8 Å². The Hall–Kier alpha value is -2.46. The maximum absolute atomic E-state index is 13.0. The number of hydrogen-bond donors (Lipinski definition) is 1. The number of carbonyl (C=O) groups is 1. The lowest BCUT2D eigenvalue weighted by Crippen LogP contribution is -2.36. The molecular weight excluding hydrogens is 513 g/mol. The summed E-state index contributed by atoms with van der Waals surface area (Å²) in [5.41, 5.74) is 9.77. The van der Waals surface area contributed by atoms with Gasteiger partial charge < -0.3 is 15.4 Å². The fourth-order valence-electron chi connectivity index (χ4n) is 4.24. The van der Waals surface area contributed by atoms with Crippen molar-refractivity contribution in [1.29, 1.82) is 5.26 Å². The lowest BCUT2D eigenvalue weighted by atomic mass is 9.75. The topological polar surface area (TPSA) is 79.3 Å². The summed E-state index contributed by atoms with van der Waals surface area (Å²) in [4.78, 5) is 14.8. The fraction of sp³-hybridized carbons (Fsp3) is 0.250. The Bertz CT molecular complexity index is 1220. The number of rotatable bonds is 4. The number of allylic oxidation sites excluding steroid dienone is 3. The first-order chi connectivity index (χ1) is 15.3. The third kappa shape index (κ3) is 4.13. The largest absolute Gasteiger partial charge is 0.489 e. The van der Waals surface area contributed by atoms with Gasteiger partial charge in [0, 0.05) is 34.8 Å². The number of nitriles is 1. The van der Waals surface area contributed by atoms with Crippen LogP contribution in [0.15, 0.2) is 63.5 Å². The van der Waals surface area contributed by atoms with Gasteiger partial charge in [-0.25, -0.2) is 0 Å². The second-order valence-electron chi connectivity index (χ2n) is 7.76. The van der Waals surface area contributed by atoms with Crippen LogP contribution in [-0.4, -0.2) is 17.7 Å². The van der Waals surface area contributed by atoms with Crippen molar-refractivity contribution in [3.8, 4) is 11.8 Å². The van der Waals surface area contributed by atoms with Gasteiger partial charge in [-0.05, 0) is 48.7 Å². The molecule has 2 aliphatic rings. The number of halogens is 3. The van der Waals surface area contributed by atoms with E-state index in [1.807, 2.05) is 24.3 Å². The summed E-state index contributed by atoms with van der Waals surface area (Å²) in [7, 11) is 1.80. The summed E-state index contributed by atoms with van der Waals surface area (Å²) in [6.45, 7) is 0.249. The second-order valence-corrected chi connectivity index (χ2v) is 9.49. The highest BCUT2D eigenvalue weighted by atomic mass is 79.9. The van der Waals surface area contributed by atoms with Gasteiger partial charge >= 0.3 is 0 Å². The van der Waals surface area contributed by atoms with E-state index in [1.165, 1.54) is 0 Å². The van der Waals surface area contributed by atoms with Gasteiger partial charge in [-0.1, -0.05) is 45.2 Å². The van der Waals surface area contributed by atoms with E-state index in [-0.39, 0.29) is 12.4 Å². The molecule has 32 heavy (non-hydrogen) atoms. The Morgan fingerprint density at radius 3 is 2.72 bits per heavy atom. The van der Waals surface area contributed by atoms with Gasteiger partial charge in [-0.15, -0.1) is 0 Å². The minimum atomic E-state index is -0.583. The monoisotopic (exact) mass is 531 g/mol. The molecule has 0 amide bonds. The Kier molecular flexibility index (Phi) is 6.52. The molecule has 1 atom stereocenters. The van der Waals surface area contributed by atoms with Crippen LogP contribution in [0.4, 0.5) is 0 Å². The molecule has 2 aromatic rings. The van der Waals surface area contributed by atoms with Gasteiger partial charge in [-0.3, -0.25) is 4.79 Å². The van der Waals surface area contributed by atoms with Gasteiger partial charge in [0.2, 0.25) is 0 Å². The first-order valence-corrected chi connectivity index (χ1v) is 11.6. The number of benzene rings is 2. The van der Waals surface area contributed by atoms with E-state index in [2.05, 4.69) is 22.0 Å². The molecule has 0 saturated carbocycles. The van der Waals surface area contributed by atoms with Crippen LogP contribution in [0, 0.1) is 11.3 Å². The van der Waals surface area contributed by atoms with Crippen LogP contribution in [0.2, 0.25) is 10.0 Å². The maximum atomic E-state index is 13.0. The summed E-state index contributed by atoms with van der Waals surface area (Å²) >= 11 is 15.7. The van der Waals surface area contributed by atoms with Gasteiger partial charge in [0.25, 0.3) is 0 Å². The molecule has 1 aliphatic heterocycles. The third-order valence-corrected chi connectivity index (χ3v) is 7.06. The Balaban J connectivity index is 1.79. The van der Waals surface area contributed by atoms with E-state index in [0.29, 0.717) is 39.2 Å². The minimum Gasteiger partial charge on any atom is -0.489 e. The molecule has 1 heterocycles. The van der Waals surface area contributed by atoms with E-state index in [4.69, 9.17) is 33.7 Å². The molecule has 0 spiro atoms. The van der Waals surface area contributed by atoms with E-state index < -0.39 is 5.92 Å². The first-order valence-electron chi connectivity index (χ1n) is 10.1. The van der Waals surface area contributed by atoms with Crippen LogP contribution in [-0.2, 0) is 11.4 Å². The van der Waals surface area contributed by atoms with Gasteiger partial charge in [0.1, 0.15) is 18.2 Å². The fourth-order valence-corrected chi connectivity index (χ4v) is 4.94. The zero-order chi connectivity index (χ0) is 23.0. The van der Waals surface area contributed by atoms with Gasteiger partial charge in [-0.2, -0.15) is 5.26 Å². The molecule has 5 nitrogen and oxygen atoms in total. The molecule has 164 valence electrons. The van der Waals surface area contributed by atoms with Crippen LogP contribution in [0.5, 0.6) is 5.75 Å². The number of nitrogens with zero attached hydrogens (tertiary/aromatic N) is 2. The SMILES string of the molecule is CN1C(N)=C(C#N)[C@@H](c2cc(Br)ccc2OCc2ccc(Cl)c(Cl)c2)C2=C1CCCC2=O. The Labute approximate surface area is 205 Å². The Morgan fingerprint density at radius 2 is 2.00 bits per heavy atom. The summed E-state index contributed by atoms with van der Waals surface area (Å²) in [5, 5.41) is 10.9. The molecule has 2 N–H and O–H groups in total. The number of Topliss-reactive ketones (excluding diaryl/α,β-unsaturated/α-hetero) is 1. The molecule has 8 heteroatoms. The van der Waals surface area contributed by atoms with Crippen molar-refractivity contribution in [2.75, 3.05) is 7.05 Å². The summed E-state index contributed by atoms with van der Waals surface area (Å²) in [6.07, 6.45) is 1.96. The van der Waals surface area contributed by atoms with Crippen molar-refractivity contribution in [1.82, 2.24) is 4.90 Å². The van der Waals surface area contributed by atoms with Crippen molar-refractivity contribution >= 4 is 44.9 Å². The van der Waals surface area contributed by atoms with Crippen LogP contribution in [0.1, 0.15) is 36.3 Å². The number of ether oxygens (including phenoxy) is 1. The van der Waals surface area contributed by atoms with Crippen LogP contribution < -0.4 is 10.5 Å². The normalized spacial score (nSPS) is 18.5. The molecule has 0 bridgehead atoms. The lowest BCUT2D eigenvalue weighted by Gasteiger charge is -2.38. The maximum Gasteiger partial charge on any atom is 0.161 e. The van der Waals surface area contributed by atoms with E-state index in [9.17, 15) is 10.1 Å². The van der Waals surface area contributed by atoms with Crippen LogP contribution in [0.3, 0.4) is 0 Å². The molecule has 0 aromatic heterocycles. The zero-order valence-corrected chi connectivity index (χ0v) is 20.4. The van der Waals surface area contributed by atoms with E-state index >= 15 is 0 Å². The highest BCUT2D eigenvalue weighted by Gasteiger charge is 2.39. The number of nitrogens with two attached hydrogens (primary N) is 1. The smallest absolute Gasteiger partial charge is 0.161 e. The summed E-state index contributed by atoms with van der Waals surface area (Å²) < 4.78 is 6.97. The molecule has 0 saturated heterocycles. The van der Waals surface area contributed by atoms with E-state index in [1.54, 1.807) is 24.1 Å². The predicted molar refractivity (Wildman–Crippen MR) is 128 cm³/mol. The van der Waals surface area contributed by atoms with Crippen molar-refractivity contribution < 1.29 is 9.53 Å². The average molecular weight is 533 g/mol. The van der Waals surface area contributed by atoms with Gasteiger partial charge in [0.05, 0.1) is 27.6 Å². The van der Waals surface area contributed by atoms with E-state index in [0.717, 1.165) is 34.1 Å². The van der Waals surface area contributed by atoms with Crippen LogP contribution in [0.25, 0.3) is 0 Å². The number of carbonyl (C=O) groups excluding carboxylic acids is 1. The van der Waals surface area contributed by atoms with Crippen molar-refractivity contribution in [2.24, 2.45) is 5.73 Å². The van der Waals surface area contributed by atoms with Crippen molar-refractivity contribution in [3.63, 3.8) is 0 Å². The third-order valence-electron chi connectivity index (χ3n) is 5.83. The molecule has 4 rings (SSSR count). The Morgan fingerprint density at radius 1 is 1.22 bits per heavy atom. The summed E-state index contributed by atoms with van der Waals surface area (Å²) in [5.74, 6) is 0.389. The highest BCUT2D eigenvalue weighted by molar-refractivity contribution is 9.10. The van der Waals surface area contributed by atoms with Gasteiger partial charge in [0.15, 0.2) is 5.78 Å². The predicted octanol–water partition coefficient (Wildman–Crippen LogP) is 6.06. The zero-order valence-electron chi connectivity index (χ0n) is 17.3. The second kappa shape index (κ2) is 9.19. The standard InChI is InChI=1S/C24H20BrCl2N3O2/c1-30-19-3-2-4-20(31)23(19)22(16(11-28)24(30)29)15-10-14(25)6-8-21(15)32-12-13-5-7-17(26)18(27)9-13/h5-10,22H,2-4,12,29H2,1H3/t22-/m1/s1. The lowest BCUT2D eigenvalue weighted by molar-refractivity contribution is -0.116. The van der Waals surface area contributed by atoms with Crippen LogP contribution >= 0.6 is 39.1 Å². The average Bonchev–Trinajstić information content (AvgIpc) is 2.77. The molecule has 0 radical (unpaired) electrons. The molecule has 0 unspecified atom stereocenters.